The fourth-order valence-corrected chi connectivity index (χ4v) is 1.88. The van der Waals surface area contributed by atoms with Crippen molar-refractivity contribution in [1.82, 2.24) is 10.2 Å². The quantitative estimate of drug-likeness (QED) is 0.818. The van der Waals surface area contributed by atoms with Gasteiger partial charge in [0.05, 0.1) is 7.11 Å². The zero-order valence-corrected chi connectivity index (χ0v) is 9.86. The summed E-state index contributed by atoms with van der Waals surface area (Å²) in [5.41, 5.74) is 3.50. The van der Waals surface area contributed by atoms with Crippen LogP contribution in [0.2, 0.25) is 0 Å². The number of aldehydes is 1. The van der Waals surface area contributed by atoms with Gasteiger partial charge >= 0.3 is 0 Å². The number of carbonyl (C=O) groups excluding carboxylic acids is 1. The van der Waals surface area contributed by atoms with Crippen LogP contribution in [-0.4, -0.2) is 23.6 Å². The molecule has 17 heavy (non-hydrogen) atoms. The van der Waals surface area contributed by atoms with Crippen molar-refractivity contribution in [2.45, 2.75) is 13.3 Å². The van der Waals surface area contributed by atoms with E-state index in [9.17, 15) is 4.79 Å². The summed E-state index contributed by atoms with van der Waals surface area (Å²) in [6.45, 7) is 2.01. The number of nitrogens with one attached hydrogen (secondary N) is 1. The Hall–Kier alpha value is -2.10. The number of hydrogen-bond donors (Lipinski definition) is 1. The molecule has 0 aliphatic rings. The molecule has 2 aromatic rings. The number of carbonyl (C=O) groups is 1. The minimum Gasteiger partial charge on any atom is -0.496 e. The highest BCUT2D eigenvalue weighted by Crippen LogP contribution is 2.24. The lowest BCUT2D eigenvalue weighted by Gasteiger charge is -2.10. The predicted octanol–water partition coefficient (Wildman–Crippen LogP) is 2.13. The number of hydrogen-bond acceptors (Lipinski definition) is 3. The molecule has 1 N–H and O–H groups in total. The first-order valence-electron chi connectivity index (χ1n) is 5.36. The third-order valence-electron chi connectivity index (χ3n) is 2.65. The number of benzene rings is 1. The Balaban J connectivity index is 2.29. The van der Waals surface area contributed by atoms with Gasteiger partial charge in [-0.15, -0.1) is 0 Å². The summed E-state index contributed by atoms with van der Waals surface area (Å²) >= 11 is 0. The van der Waals surface area contributed by atoms with Crippen LogP contribution in [0.15, 0.2) is 24.3 Å². The predicted molar refractivity (Wildman–Crippen MR) is 64.5 cm³/mol. The molecular formula is C13H14N2O2. The van der Waals surface area contributed by atoms with E-state index in [0.29, 0.717) is 12.1 Å². The van der Waals surface area contributed by atoms with Crippen molar-refractivity contribution in [2.24, 2.45) is 0 Å². The lowest BCUT2D eigenvalue weighted by molar-refractivity contribution is 0.111. The molecule has 2 rings (SSSR count). The Kier molecular flexibility index (Phi) is 3.23. The van der Waals surface area contributed by atoms with Gasteiger partial charge in [0.1, 0.15) is 11.4 Å². The van der Waals surface area contributed by atoms with E-state index in [-0.39, 0.29) is 0 Å². The number of aromatic nitrogens is 2. The number of aryl methyl sites for hydroxylation is 1. The van der Waals surface area contributed by atoms with E-state index in [1.807, 2.05) is 25.1 Å². The number of nitrogens with zero attached hydrogens (tertiary/aromatic N) is 1. The van der Waals surface area contributed by atoms with E-state index in [0.717, 1.165) is 28.9 Å². The first-order chi connectivity index (χ1) is 8.24. The molecule has 4 nitrogen and oxygen atoms in total. The van der Waals surface area contributed by atoms with Gasteiger partial charge in [0.15, 0.2) is 6.29 Å². The zero-order valence-electron chi connectivity index (χ0n) is 9.86. The largest absolute Gasteiger partial charge is 0.496 e. The van der Waals surface area contributed by atoms with Gasteiger partial charge in [0.25, 0.3) is 0 Å². The maximum absolute atomic E-state index is 10.5. The topological polar surface area (TPSA) is 55.0 Å². The number of aromatic amines is 1. The Morgan fingerprint density at radius 2 is 2.29 bits per heavy atom. The lowest BCUT2D eigenvalue weighted by Crippen LogP contribution is -1.96. The van der Waals surface area contributed by atoms with Crippen LogP contribution in [0.4, 0.5) is 0 Å². The highest BCUT2D eigenvalue weighted by molar-refractivity contribution is 5.71. The molecule has 0 spiro atoms. The van der Waals surface area contributed by atoms with Crippen LogP contribution in [-0.2, 0) is 6.42 Å². The molecule has 0 radical (unpaired) electrons. The van der Waals surface area contributed by atoms with Gasteiger partial charge in [0, 0.05) is 17.7 Å². The fourth-order valence-electron chi connectivity index (χ4n) is 1.88. The van der Waals surface area contributed by atoms with Crippen molar-refractivity contribution < 1.29 is 9.53 Å². The number of methoxy groups -OCH3 is 1. The summed E-state index contributed by atoms with van der Waals surface area (Å²) < 4.78 is 5.38. The van der Waals surface area contributed by atoms with Gasteiger partial charge in [-0.2, -0.15) is 5.10 Å². The Bertz CT molecular complexity index is 532. The second kappa shape index (κ2) is 4.82. The molecule has 4 heteroatoms. The third-order valence-corrected chi connectivity index (χ3v) is 2.65. The van der Waals surface area contributed by atoms with Crippen LogP contribution in [0.3, 0.4) is 0 Å². The van der Waals surface area contributed by atoms with Gasteiger partial charge in [-0.3, -0.25) is 9.89 Å². The van der Waals surface area contributed by atoms with Gasteiger partial charge in [-0.25, -0.2) is 0 Å². The van der Waals surface area contributed by atoms with E-state index < -0.39 is 0 Å². The molecular weight excluding hydrogens is 216 g/mol. The normalized spacial score (nSPS) is 10.2. The van der Waals surface area contributed by atoms with E-state index in [2.05, 4.69) is 10.2 Å². The van der Waals surface area contributed by atoms with Gasteiger partial charge in [-0.1, -0.05) is 18.2 Å². The molecule has 0 bridgehead atoms. The van der Waals surface area contributed by atoms with Crippen LogP contribution in [0, 0.1) is 6.92 Å². The number of ether oxygens (including phenoxy) is 1. The maximum Gasteiger partial charge on any atom is 0.170 e. The molecule has 0 atom stereocenters. The zero-order chi connectivity index (χ0) is 12.3. The van der Waals surface area contributed by atoms with Crippen LogP contribution >= 0.6 is 0 Å². The monoisotopic (exact) mass is 230 g/mol. The first-order valence-corrected chi connectivity index (χ1v) is 5.36. The van der Waals surface area contributed by atoms with Crippen LogP contribution in [0.25, 0.3) is 0 Å². The number of rotatable bonds is 4. The van der Waals surface area contributed by atoms with Crippen LogP contribution in [0.5, 0.6) is 5.75 Å². The van der Waals surface area contributed by atoms with Crippen molar-refractivity contribution in [3.8, 4) is 5.75 Å². The van der Waals surface area contributed by atoms with Gasteiger partial charge in [0.2, 0.25) is 0 Å². The molecule has 0 fully saturated rings. The van der Waals surface area contributed by atoms with Gasteiger partial charge < -0.3 is 4.74 Å². The van der Waals surface area contributed by atoms with Crippen molar-refractivity contribution in [1.29, 1.82) is 0 Å². The van der Waals surface area contributed by atoms with Crippen LogP contribution < -0.4 is 4.74 Å². The van der Waals surface area contributed by atoms with E-state index in [4.69, 9.17) is 4.74 Å². The molecule has 0 amide bonds. The van der Waals surface area contributed by atoms with E-state index >= 15 is 0 Å². The summed E-state index contributed by atoms with van der Waals surface area (Å²) in [6.07, 6.45) is 1.40. The van der Waals surface area contributed by atoms with Crippen molar-refractivity contribution in [3.05, 3.63) is 46.8 Å². The molecule has 1 aromatic carbocycles. The van der Waals surface area contributed by atoms with E-state index in [1.54, 1.807) is 13.2 Å². The summed E-state index contributed by atoms with van der Waals surface area (Å²) in [7, 11) is 1.66. The third kappa shape index (κ3) is 2.36. The summed E-state index contributed by atoms with van der Waals surface area (Å²) in [5, 5.41) is 6.71. The van der Waals surface area contributed by atoms with Crippen molar-refractivity contribution >= 4 is 6.29 Å². The van der Waals surface area contributed by atoms with Crippen molar-refractivity contribution in [2.75, 3.05) is 7.11 Å². The summed E-state index contributed by atoms with van der Waals surface area (Å²) in [5.74, 6) is 0.884. The molecule has 88 valence electrons. The minimum absolute atomic E-state index is 0.423. The lowest BCUT2D eigenvalue weighted by atomic mass is 10.1. The summed E-state index contributed by atoms with van der Waals surface area (Å²) in [6, 6.07) is 7.75. The molecule has 0 aliphatic heterocycles. The Morgan fingerprint density at radius 3 is 2.94 bits per heavy atom. The molecule has 0 unspecified atom stereocenters. The SMILES string of the molecule is COc1c(C)cccc1Cc1cc(C=O)n[nH]1. The second-order valence-electron chi connectivity index (χ2n) is 3.88. The molecule has 0 saturated carbocycles. The summed E-state index contributed by atoms with van der Waals surface area (Å²) in [4.78, 5) is 10.5. The second-order valence-corrected chi connectivity index (χ2v) is 3.88. The average Bonchev–Trinajstić information content (AvgIpc) is 2.77. The number of H-pyrrole nitrogens is 1. The number of para-hydroxylation sites is 1. The van der Waals surface area contributed by atoms with Gasteiger partial charge in [-0.05, 0) is 18.6 Å². The van der Waals surface area contributed by atoms with E-state index in [1.165, 1.54) is 0 Å². The van der Waals surface area contributed by atoms with Crippen LogP contribution in [0.1, 0.15) is 27.3 Å². The fraction of sp³-hybridized carbons (Fsp3) is 0.231. The standard InChI is InChI=1S/C13H14N2O2/c1-9-4-3-5-10(13(9)17-2)6-11-7-12(8-16)15-14-11/h3-5,7-8H,6H2,1-2H3,(H,14,15). The highest BCUT2D eigenvalue weighted by atomic mass is 16.5. The smallest absolute Gasteiger partial charge is 0.170 e. The highest BCUT2D eigenvalue weighted by Gasteiger charge is 2.08. The Labute approximate surface area is 99.6 Å². The first kappa shape index (κ1) is 11.4. The maximum atomic E-state index is 10.5. The average molecular weight is 230 g/mol. The Morgan fingerprint density at radius 1 is 1.47 bits per heavy atom. The molecule has 1 aromatic heterocycles. The molecule has 0 aliphatic carbocycles. The minimum atomic E-state index is 0.423. The molecule has 0 saturated heterocycles. The van der Waals surface area contributed by atoms with Crippen molar-refractivity contribution in [3.63, 3.8) is 0 Å². The molecule has 1 heterocycles.